The van der Waals surface area contributed by atoms with E-state index in [4.69, 9.17) is 17.0 Å². The highest BCUT2D eigenvalue weighted by molar-refractivity contribution is 7.80. The Bertz CT molecular complexity index is 887. The van der Waals surface area contributed by atoms with E-state index in [0.29, 0.717) is 17.9 Å². The van der Waals surface area contributed by atoms with Crippen LogP contribution < -0.4 is 15.4 Å². The first kappa shape index (κ1) is 23.1. The molecule has 0 heterocycles. The van der Waals surface area contributed by atoms with E-state index in [0.717, 1.165) is 25.0 Å². The van der Waals surface area contributed by atoms with Crippen LogP contribution in [0.2, 0.25) is 0 Å². The molecule has 0 fully saturated rings. The van der Waals surface area contributed by atoms with Gasteiger partial charge in [0.2, 0.25) is 0 Å². The minimum atomic E-state index is -0.596. The first-order valence-electron chi connectivity index (χ1n) is 9.73. The molecule has 0 saturated heterocycles. The summed E-state index contributed by atoms with van der Waals surface area (Å²) in [5.41, 5.74) is 0.181. The van der Waals surface area contributed by atoms with Gasteiger partial charge in [-0.05, 0) is 49.0 Å². The molecule has 1 amide bonds. The highest BCUT2D eigenvalue weighted by Gasteiger charge is 2.13. The summed E-state index contributed by atoms with van der Waals surface area (Å²) in [6.07, 6.45) is 5.78. The van der Waals surface area contributed by atoms with Crippen LogP contribution in [0.5, 0.6) is 11.5 Å². The van der Waals surface area contributed by atoms with Gasteiger partial charge in [-0.1, -0.05) is 32.6 Å². The second kappa shape index (κ2) is 11.7. The number of hydrogen-bond donors (Lipinski definition) is 3. The Hall–Kier alpha value is -3.20. The van der Waals surface area contributed by atoms with Gasteiger partial charge in [-0.25, -0.2) is 0 Å². The number of anilines is 1. The number of unbranched alkanes of at least 4 members (excludes halogenated alkanes) is 4. The maximum atomic E-state index is 12.3. The van der Waals surface area contributed by atoms with E-state index >= 15 is 0 Å². The number of thiocarbonyl (C=S) groups is 1. The molecule has 30 heavy (non-hydrogen) atoms. The minimum Gasteiger partial charge on any atom is -0.506 e. The number of amides is 1. The van der Waals surface area contributed by atoms with Gasteiger partial charge in [-0.15, -0.1) is 0 Å². The van der Waals surface area contributed by atoms with Gasteiger partial charge in [0.25, 0.3) is 11.6 Å². The summed E-state index contributed by atoms with van der Waals surface area (Å²) < 4.78 is 5.67. The summed E-state index contributed by atoms with van der Waals surface area (Å²) in [6, 6.07) is 10.1. The fourth-order valence-corrected chi connectivity index (χ4v) is 2.87. The van der Waals surface area contributed by atoms with Gasteiger partial charge >= 0.3 is 0 Å². The van der Waals surface area contributed by atoms with E-state index in [1.807, 2.05) is 0 Å². The van der Waals surface area contributed by atoms with E-state index in [2.05, 4.69) is 17.6 Å². The summed E-state index contributed by atoms with van der Waals surface area (Å²) in [6.45, 7) is 2.81. The van der Waals surface area contributed by atoms with Gasteiger partial charge in [0.1, 0.15) is 11.5 Å². The lowest BCUT2D eigenvalue weighted by Gasteiger charge is -2.11. The molecule has 8 nitrogen and oxygen atoms in total. The first-order chi connectivity index (χ1) is 14.4. The normalized spacial score (nSPS) is 10.3. The molecule has 0 unspecified atom stereocenters. The maximum absolute atomic E-state index is 12.3. The minimum absolute atomic E-state index is 0.0252. The predicted octanol–water partition coefficient (Wildman–Crippen LogP) is 4.78. The number of phenolic OH excluding ortho intramolecular Hbond substituents is 1. The van der Waals surface area contributed by atoms with E-state index in [-0.39, 0.29) is 22.2 Å². The smallest absolute Gasteiger partial charge is 0.271 e. The SMILES string of the molecule is CCCCCCCOc1ccc(C(=O)NC(=S)Nc2cc([N+](=O)[O-])ccc2O)cc1. The molecule has 0 bridgehead atoms. The molecule has 0 aromatic heterocycles. The Morgan fingerprint density at radius 2 is 1.83 bits per heavy atom. The summed E-state index contributed by atoms with van der Waals surface area (Å²) in [5.74, 6) is 0.00110. The van der Waals surface area contributed by atoms with Crippen molar-refractivity contribution in [1.82, 2.24) is 5.32 Å². The molecular formula is C21H25N3O5S. The maximum Gasteiger partial charge on any atom is 0.271 e. The lowest BCUT2D eigenvalue weighted by molar-refractivity contribution is -0.384. The molecule has 0 aliphatic carbocycles. The van der Waals surface area contributed by atoms with E-state index < -0.39 is 10.8 Å². The van der Waals surface area contributed by atoms with Crippen molar-refractivity contribution in [3.05, 3.63) is 58.1 Å². The highest BCUT2D eigenvalue weighted by atomic mass is 32.1. The number of benzene rings is 2. The molecule has 2 rings (SSSR count). The molecule has 0 aliphatic rings. The van der Waals surface area contributed by atoms with Crippen molar-refractivity contribution in [2.24, 2.45) is 0 Å². The Labute approximate surface area is 180 Å². The van der Waals surface area contributed by atoms with Crippen molar-refractivity contribution in [2.75, 3.05) is 11.9 Å². The average Bonchev–Trinajstić information content (AvgIpc) is 2.72. The Kier molecular flexibility index (Phi) is 9.02. The molecule has 0 radical (unpaired) electrons. The van der Waals surface area contributed by atoms with Gasteiger partial charge in [0.15, 0.2) is 5.11 Å². The van der Waals surface area contributed by atoms with Crippen LogP contribution in [0.1, 0.15) is 49.4 Å². The molecule has 160 valence electrons. The quantitative estimate of drug-likeness (QED) is 0.163. The number of nitrogens with zero attached hydrogens (tertiary/aromatic N) is 1. The predicted molar refractivity (Wildman–Crippen MR) is 119 cm³/mol. The third-order valence-electron chi connectivity index (χ3n) is 4.30. The topological polar surface area (TPSA) is 114 Å². The molecule has 0 saturated carbocycles. The number of ether oxygens (including phenoxy) is 1. The molecule has 0 atom stereocenters. The second-order valence-corrected chi connectivity index (χ2v) is 7.06. The Morgan fingerprint density at radius 1 is 1.13 bits per heavy atom. The van der Waals surface area contributed by atoms with E-state index in [9.17, 15) is 20.0 Å². The van der Waals surface area contributed by atoms with E-state index in [1.165, 1.54) is 25.3 Å². The van der Waals surface area contributed by atoms with Crippen LogP contribution in [0.3, 0.4) is 0 Å². The molecule has 2 aromatic rings. The molecule has 0 aliphatic heterocycles. The van der Waals surface area contributed by atoms with Gasteiger partial charge in [0.05, 0.1) is 17.2 Å². The van der Waals surface area contributed by atoms with Crippen molar-refractivity contribution in [1.29, 1.82) is 0 Å². The summed E-state index contributed by atoms with van der Waals surface area (Å²) in [4.78, 5) is 22.6. The van der Waals surface area contributed by atoms with Crippen LogP contribution in [0.4, 0.5) is 11.4 Å². The zero-order valence-corrected chi connectivity index (χ0v) is 17.5. The third kappa shape index (κ3) is 7.32. The summed E-state index contributed by atoms with van der Waals surface area (Å²) >= 11 is 5.06. The largest absolute Gasteiger partial charge is 0.506 e. The molecule has 2 aromatic carbocycles. The van der Waals surface area contributed by atoms with E-state index in [1.54, 1.807) is 24.3 Å². The zero-order valence-electron chi connectivity index (χ0n) is 16.7. The molecule has 3 N–H and O–H groups in total. The number of phenols is 1. The van der Waals surface area contributed by atoms with Gasteiger partial charge in [-0.2, -0.15) is 0 Å². The van der Waals surface area contributed by atoms with Crippen LogP contribution in [0, 0.1) is 10.1 Å². The van der Waals surface area contributed by atoms with Crippen molar-refractivity contribution in [3.63, 3.8) is 0 Å². The number of hydrogen-bond acceptors (Lipinski definition) is 6. The number of carbonyl (C=O) groups excluding carboxylic acids is 1. The second-order valence-electron chi connectivity index (χ2n) is 6.65. The standard InChI is InChI=1S/C21H25N3O5S/c1-2-3-4-5-6-13-29-17-10-7-15(8-11-17)20(26)23-21(30)22-18-14-16(24(27)28)9-12-19(18)25/h7-12,14,25H,2-6,13H2,1H3,(H2,22,23,26,30). The third-order valence-corrected chi connectivity index (χ3v) is 4.50. The Morgan fingerprint density at radius 3 is 2.50 bits per heavy atom. The lowest BCUT2D eigenvalue weighted by Crippen LogP contribution is -2.34. The zero-order chi connectivity index (χ0) is 21.9. The van der Waals surface area contributed by atoms with Crippen molar-refractivity contribution in [2.45, 2.75) is 39.0 Å². The summed E-state index contributed by atoms with van der Waals surface area (Å²) in [7, 11) is 0. The van der Waals surface area contributed by atoms with Crippen molar-refractivity contribution < 1.29 is 19.6 Å². The summed E-state index contributed by atoms with van der Waals surface area (Å²) in [5, 5.41) is 25.6. The molecule has 9 heteroatoms. The van der Waals surface area contributed by atoms with Gasteiger partial charge < -0.3 is 15.2 Å². The van der Waals surface area contributed by atoms with Crippen molar-refractivity contribution >= 4 is 34.6 Å². The number of nitro benzene ring substituents is 1. The van der Waals surface area contributed by atoms with Crippen LogP contribution >= 0.6 is 12.2 Å². The Balaban J connectivity index is 1.85. The average molecular weight is 432 g/mol. The number of non-ortho nitro benzene ring substituents is 1. The lowest BCUT2D eigenvalue weighted by atomic mass is 10.2. The van der Waals surface area contributed by atoms with Crippen LogP contribution in [-0.4, -0.2) is 27.7 Å². The molecular weight excluding hydrogens is 406 g/mol. The van der Waals surface area contributed by atoms with Crippen molar-refractivity contribution in [3.8, 4) is 11.5 Å². The fraction of sp³-hybridized carbons (Fsp3) is 0.333. The fourth-order valence-electron chi connectivity index (χ4n) is 2.66. The highest BCUT2D eigenvalue weighted by Crippen LogP contribution is 2.27. The molecule has 0 spiro atoms. The number of rotatable bonds is 10. The van der Waals surface area contributed by atoms with Gasteiger partial charge in [-0.3, -0.25) is 20.2 Å². The van der Waals surface area contributed by atoms with Crippen LogP contribution in [0.15, 0.2) is 42.5 Å². The number of nitro groups is 1. The monoisotopic (exact) mass is 431 g/mol. The van der Waals surface area contributed by atoms with Crippen LogP contribution in [-0.2, 0) is 0 Å². The van der Waals surface area contributed by atoms with Crippen LogP contribution in [0.25, 0.3) is 0 Å². The number of aromatic hydroxyl groups is 1. The number of carbonyl (C=O) groups is 1. The first-order valence-corrected chi connectivity index (χ1v) is 10.1. The van der Waals surface area contributed by atoms with Gasteiger partial charge in [0, 0.05) is 17.7 Å². The number of nitrogens with one attached hydrogen (secondary N) is 2.